The summed E-state index contributed by atoms with van der Waals surface area (Å²) in [6, 6.07) is 25.3. The van der Waals surface area contributed by atoms with E-state index < -0.39 is 22.2 Å². The lowest BCUT2D eigenvalue weighted by Gasteiger charge is -2.28. The molecule has 3 N–H and O–H groups in total. The van der Waals surface area contributed by atoms with E-state index in [9.17, 15) is 15.0 Å². The van der Waals surface area contributed by atoms with Gasteiger partial charge in [0.15, 0.2) is 5.82 Å². The minimum absolute atomic E-state index is 0.0256. The number of rotatable bonds is 18. The fourth-order valence-corrected chi connectivity index (χ4v) is 9.74. The van der Waals surface area contributed by atoms with Gasteiger partial charge < -0.3 is 39.2 Å². The Balaban J connectivity index is 1.43. The number of anilines is 2. The summed E-state index contributed by atoms with van der Waals surface area (Å²) in [7, 11) is 0.184. The van der Waals surface area contributed by atoms with Crippen molar-refractivity contribution in [1.82, 2.24) is 39.4 Å². The average Bonchev–Trinajstić information content (AvgIpc) is 4.01. The first-order valence-corrected chi connectivity index (χ1v) is 20.9. The Bertz CT molecular complexity index is 2430. The molecular weight excluding hydrogens is 799 g/mol. The summed E-state index contributed by atoms with van der Waals surface area (Å²) in [6.45, 7) is 0.979. The summed E-state index contributed by atoms with van der Waals surface area (Å²) in [5.74, 6) is 2.68. The maximum absolute atomic E-state index is 15.9. The van der Waals surface area contributed by atoms with Gasteiger partial charge in [-0.25, -0.2) is 22.9 Å². The highest BCUT2D eigenvalue weighted by Gasteiger charge is 2.37. The van der Waals surface area contributed by atoms with Crippen LogP contribution in [0.1, 0.15) is 16.7 Å². The number of sulfonamides is 1. The van der Waals surface area contributed by atoms with E-state index in [-0.39, 0.29) is 48.2 Å². The minimum atomic E-state index is -4.53. The zero-order chi connectivity index (χ0) is 41.5. The quantitative estimate of drug-likeness (QED) is 0.0991. The summed E-state index contributed by atoms with van der Waals surface area (Å²) in [5, 5.41) is 35.2. The number of nitrogens with one attached hydrogen (secondary N) is 1. The molecular formula is C40H43N9O8S2. The van der Waals surface area contributed by atoms with Gasteiger partial charge in [-0.15, -0.1) is 16.9 Å². The Morgan fingerprint density at radius 3 is 2.03 bits per heavy atom. The van der Waals surface area contributed by atoms with E-state index >= 15 is 8.42 Å². The number of aliphatic hydroxyl groups excluding tert-OH is 1. The van der Waals surface area contributed by atoms with Crippen molar-refractivity contribution in [3.05, 3.63) is 114 Å². The molecule has 0 aliphatic carbocycles. The third-order valence-corrected chi connectivity index (χ3v) is 12.9. The Labute approximate surface area is 345 Å². The summed E-state index contributed by atoms with van der Waals surface area (Å²) < 4.78 is 52.8. The second-order valence-corrected chi connectivity index (χ2v) is 16.4. The third-order valence-electron chi connectivity index (χ3n) is 9.69. The molecule has 0 bridgehead atoms. The molecule has 0 saturated carbocycles. The highest BCUT2D eigenvalue weighted by molar-refractivity contribution is 8.00. The SMILES string of the molecule is COc1ccc(CN(Cc2ccc(OC)cc2)S(=O)(=O)c2c(SCC(O)CNC(=O)O)ccc(N3CCn4ccnc43)c2-c2nnnn2Cc2ccc(OC)cc2)cc1. The van der Waals surface area contributed by atoms with Crippen LogP contribution in [-0.2, 0) is 36.2 Å². The molecule has 308 valence electrons. The highest BCUT2D eigenvalue weighted by atomic mass is 32.2. The van der Waals surface area contributed by atoms with Gasteiger partial charge in [0.05, 0.1) is 45.2 Å². The molecule has 59 heavy (non-hydrogen) atoms. The number of carbonyl (C=O) groups is 1. The van der Waals surface area contributed by atoms with Crippen LogP contribution in [0.3, 0.4) is 0 Å². The summed E-state index contributed by atoms with van der Waals surface area (Å²) in [5.41, 5.74) is 2.98. The lowest BCUT2D eigenvalue weighted by atomic mass is 10.1. The van der Waals surface area contributed by atoms with Crippen LogP contribution in [0.2, 0.25) is 0 Å². The molecule has 7 rings (SSSR count). The molecule has 19 heteroatoms. The van der Waals surface area contributed by atoms with Gasteiger partial charge in [0.25, 0.3) is 0 Å². The van der Waals surface area contributed by atoms with E-state index in [2.05, 4.69) is 25.8 Å². The lowest BCUT2D eigenvalue weighted by Crippen LogP contribution is -2.33. The number of nitrogens with zero attached hydrogens (tertiary/aromatic N) is 8. The Kier molecular flexibility index (Phi) is 12.6. The largest absolute Gasteiger partial charge is 0.497 e. The zero-order valence-electron chi connectivity index (χ0n) is 32.5. The summed E-state index contributed by atoms with van der Waals surface area (Å²) >= 11 is 1.08. The number of tetrazole rings is 1. The summed E-state index contributed by atoms with van der Waals surface area (Å²) in [6.07, 6.45) is 1.12. The van der Waals surface area contributed by atoms with Crippen molar-refractivity contribution in [3.8, 4) is 28.6 Å². The van der Waals surface area contributed by atoms with E-state index in [0.717, 1.165) is 17.3 Å². The molecule has 0 radical (unpaired) electrons. The molecule has 4 aromatic carbocycles. The first kappa shape index (κ1) is 41.0. The first-order valence-electron chi connectivity index (χ1n) is 18.5. The smallest absolute Gasteiger partial charge is 0.404 e. The normalized spacial score (nSPS) is 13.0. The van der Waals surface area contributed by atoms with Gasteiger partial charge in [0, 0.05) is 55.8 Å². The van der Waals surface area contributed by atoms with Gasteiger partial charge in [-0.3, -0.25) is 0 Å². The van der Waals surface area contributed by atoms with Crippen molar-refractivity contribution in [2.24, 2.45) is 0 Å². The second kappa shape index (κ2) is 18.2. The molecule has 1 unspecified atom stereocenters. The van der Waals surface area contributed by atoms with Crippen LogP contribution in [0.25, 0.3) is 11.4 Å². The zero-order valence-corrected chi connectivity index (χ0v) is 34.1. The molecule has 6 aromatic rings. The van der Waals surface area contributed by atoms with Gasteiger partial charge in [0.1, 0.15) is 22.1 Å². The van der Waals surface area contributed by atoms with Gasteiger partial charge in [0.2, 0.25) is 16.0 Å². The standard InChI is InChI=1S/C40H43N9O8S2/c1-55-31-10-4-27(5-11-31)23-47(24-28-6-12-32(56-2)13-7-28)59(53,54)37-35(58-26-30(50)22-42-40(51)52)17-16-34(48-21-20-46-19-18-41-39(46)48)36(37)38-43-44-45-49(38)25-29-8-14-33(57-3)15-9-29/h4-19,30,42,50H,20-26H2,1-3H3,(H,51,52). The monoisotopic (exact) mass is 841 g/mol. The molecule has 17 nitrogen and oxygen atoms in total. The van der Waals surface area contributed by atoms with Crippen LogP contribution >= 0.6 is 11.8 Å². The van der Waals surface area contributed by atoms with E-state index in [4.69, 9.17) is 14.2 Å². The van der Waals surface area contributed by atoms with Crippen LogP contribution in [0.5, 0.6) is 17.2 Å². The van der Waals surface area contributed by atoms with Crippen molar-refractivity contribution < 1.29 is 37.6 Å². The van der Waals surface area contributed by atoms with Crippen LogP contribution in [0, 0.1) is 0 Å². The van der Waals surface area contributed by atoms with Gasteiger partial charge in [-0.2, -0.15) is 4.31 Å². The maximum atomic E-state index is 15.9. The number of ether oxygens (including phenoxy) is 3. The topological polar surface area (TPSA) is 199 Å². The van der Waals surface area contributed by atoms with Crippen LogP contribution in [-0.4, -0.2) is 105 Å². The summed E-state index contributed by atoms with van der Waals surface area (Å²) in [4.78, 5) is 18.0. The van der Waals surface area contributed by atoms with E-state index in [0.29, 0.717) is 58.0 Å². The first-order chi connectivity index (χ1) is 28.6. The van der Waals surface area contributed by atoms with Gasteiger partial charge in [-0.1, -0.05) is 36.4 Å². The lowest BCUT2D eigenvalue weighted by molar-refractivity contribution is 0.170. The fraction of sp³-hybridized carbons (Fsp3) is 0.275. The molecule has 2 aromatic heterocycles. The predicted octanol–water partition coefficient (Wildman–Crippen LogP) is 4.87. The molecule has 0 spiro atoms. The van der Waals surface area contributed by atoms with Gasteiger partial charge >= 0.3 is 6.09 Å². The number of fused-ring (bicyclic) bond motifs is 1. The van der Waals surface area contributed by atoms with Crippen molar-refractivity contribution in [1.29, 1.82) is 0 Å². The molecule has 1 aliphatic heterocycles. The van der Waals surface area contributed by atoms with Crippen LogP contribution in [0.4, 0.5) is 16.4 Å². The van der Waals surface area contributed by atoms with Gasteiger partial charge in [-0.05, 0) is 75.6 Å². The van der Waals surface area contributed by atoms with Crippen molar-refractivity contribution in [2.45, 2.75) is 42.1 Å². The van der Waals surface area contributed by atoms with E-state index in [1.54, 1.807) is 62.5 Å². The number of thioether (sulfide) groups is 1. The minimum Gasteiger partial charge on any atom is -0.497 e. The highest BCUT2D eigenvalue weighted by Crippen LogP contribution is 2.45. The average molecular weight is 842 g/mol. The number of carboxylic acid groups (broad SMARTS) is 1. The van der Waals surface area contributed by atoms with E-state index in [1.807, 2.05) is 70.3 Å². The molecule has 1 atom stereocenters. The Morgan fingerprint density at radius 1 is 0.864 bits per heavy atom. The number of aromatic nitrogens is 6. The third kappa shape index (κ3) is 9.28. The van der Waals surface area contributed by atoms with Crippen LogP contribution in [0.15, 0.2) is 107 Å². The van der Waals surface area contributed by atoms with Crippen molar-refractivity contribution >= 4 is 39.5 Å². The molecule has 1 aliphatic rings. The number of hydrogen-bond acceptors (Lipinski definition) is 13. The number of methoxy groups -OCH3 is 3. The van der Waals surface area contributed by atoms with E-state index in [1.165, 1.54) is 4.31 Å². The molecule has 0 fully saturated rings. The number of aliphatic hydroxyl groups is 1. The molecule has 0 saturated heterocycles. The number of imidazole rings is 1. The maximum Gasteiger partial charge on any atom is 0.404 e. The molecule has 3 heterocycles. The number of hydrogen-bond donors (Lipinski definition) is 3. The molecule has 1 amide bonds. The second-order valence-electron chi connectivity index (χ2n) is 13.5. The Hall–Kier alpha value is -6.15. The van der Waals surface area contributed by atoms with Crippen LogP contribution < -0.4 is 24.4 Å². The van der Waals surface area contributed by atoms with Crippen molar-refractivity contribution in [2.75, 3.05) is 45.1 Å². The predicted molar refractivity (Wildman–Crippen MR) is 220 cm³/mol. The Morgan fingerprint density at radius 2 is 1.46 bits per heavy atom. The number of benzene rings is 4. The number of amides is 1. The fourth-order valence-electron chi connectivity index (χ4n) is 6.69. The van der Waals surface area contributed by atoms with Crippen molar-refractivity contribution in [3.63, 3.8) is 0 Å².